The highest BCUT2D eigenvalue weighted by Gasteiger charge is 2.48. The first kappa shape index (κ1) is 15.3. The van der Waals surface area contributed by atoms with Crippen LogP contribution in [0.5, 0.6) is 0 Å². The van der Waals surface area contributed by atoms with Gasteiger partial charge in [-0.2, -0.15) is 17.5 Å². The maximum atomic E-state index is 13.0. The molecule has 1 heterocycles. The normalized spacial score (nSPS) is 21.9. The Balaban J connectivity index is 2.22. The van der Waals surface area contributed by atoms with Gasteiger partial charge >= 0.3 is 6.18 Å². The number of hydrogen-bond acceptors (Lipinski definition) is 2. The average Bonchev–Trinajstić information content (AvgIpc) is 2.38. The number of benzene rings is 1. The molecule has 0 spiro atoms. The van der Waals surface area contributed by atoms with Crippen LogP contribution in [-0.4, -0.2) is 31.5 Å². The number of sulfonamides is 1. The van der Waals surface area contributed by atoms with Crippen LogP contribution in [0.25, 0.3) is 0 Å². The van der Waals surface area contributed by atoms with Crippen molar-refractivity contribution >= 4 is 10.0 Å². The number of nitrogens with zero attached hydrogens (tertiary/aromatic N) is 1. The molecule has 1 atom stereocenters. The summed E-state index contributed by atoms with van der Waals surface area (Å²) in [6.07, 6.45) is -3.79. The summed E-state index contributed by atoms with van der Waals surface area (Å²) in [7, 11) is -3.96. The van der Waals surface area contributed by atoms with E-state index >= 15 is 0 Å². The second-order valence-electron chi connectivity index (χ2n) is 4.91. The second-order valence-corrected chi connectivity index (χ2v) is 6.83. The van der Waals surface area contributed by atoms with Crippen molar-refractivity contribution in [2.75, 3.05) is 6.54 Å². The molecule has 0 amide bonds. The molecule has 1 unspecified atom stereocenters. The molecule has 1 aromatic carbocycles. The Kier molecular flexibility index (Phi) is 4.39. The Hall–Kier alpha value is -1.08. The van der Waals surface area contributed by atoms with E-state index in [0.717, 1.165) is 0 Å². The molecule has 1 aliphatic rings. The van der Waals surface area contributed by atoms with Gasteiger partial charge in [-0.1, -0.05) is 36.8 Å². The largest absolute Gasteiger partial charge is 0.405 e. The van der Waals surface area contributed by atoms with E-state index in [1.54, 1.807) is 30.3 Å². The molecule has 1 fully saturated rings. The van der Waals surface area contributed by atoms with Gasteiger partial charge in [0.15, 0.2) is 0 Å². The van der Waals surface area contributed by atoms with Gasteiger partial charge in [0.2, 0.25) is 10.0 Å². The second kappa shape index (κ2) is 5.73. The quantitative estimate of drug-likeness (QED) is 0.861. The summed E-state index contributed by atoms with van der Waals surface area (Å²) >= 11 is 0. The van der Waals surface area contributed by atoms with Crippen LogP contribution in [0.4, 0.5) is 13.2 Å². The molecule has 7 heteroatoms. The molecule has 1 aromatic rings. The molecule has 0 saturated carbocycles. The molecule has 1 aliphatic heterocycles. The zero-order valence-electron chi connectivity index (χ0n) is 10.8. The van der Waals surface area contributed by atoms with E-state index in [0.29, 0.717) is 22.7 Å². The highest BCUT2D eigenvalue weighted by atomic mass is 32.2. The van der Waals surface area contributed by atoms with Crippen molar-refractivity contribution in [2.24, 2.45) is 0 Å². The first-order valence-corrected chi connectivity index (χ1v) is 8.02. The number of alkyl halides is 3. The number of piperidine rings is 1. The molecule has 3 nitrogen and oxygen atoms in total. The SMILES string of the molecule is O=S(=O)(Cc1ccccc1)N1CCCCC1C(F)(F)F. The Morgan fingerprint density at radius 2 is 1.80 bits per heavy atom. The molecule has 2 rings (SSSR count). The number of halogens is 3. The van der Waals surface area contributed by atoms with Crippen LogP contribution in [0.3, 0.4) is 0 Å². The monoisotopic (exact) mass is 307 g/mol. The third-order valence-electron chi connectivity index (χ3n) is 3.38. The minimum absolute atomic E-state index is 0.0562. The van der Waals surface area contributed by atoms with E-state index in [2.05, 4.69) is 0 Å². The topological polar surface area (TPSA) is 37.4 Å². The smallest absolute Gasteiger partial charge is 0.212 e. The summed E-state index contributed by atoms with van der Waals surface area (Å²) in [5, 5.41) is 0. The third-order valence-corrected chi connectivity index (χ3v) is 5.23. The van der Waals surface area contributed by atoms with Gasteiger partial charge in [0, 0.05) is 6.54 Å². The van der Waals surface area contributed by atoms with Crippen molar-refractivity contribution < 1.29 is 21.6 Å². The predicted octanol–water partition coefficient (Wildman–Crippen LogP) is 2.93. The fourth-order valence-electron chi connectivity index (χ4n) is 2.43. The summed E-state index contributed by atoms with van der Waals surface area (Å²) < 4.78 is 64.0. The molecule has 1 saturated heterocycles. The number of rotatable bonds is 3. The molecular weight excluding hydrogens is 291 g/mol. The van der Waals surface area contributed by atoms with Crippen molar-refractivity contribution in [1.82, 2.24) is 4.31 Å². The standard InChI is InChI=1S/C13H16F3NO2S/c14-13(15,16)12-8-4-5-9-17(12)20(18,19)10-11-6-2-1-3-7-11/h1-3,6-7,12H,4-5,8-10H2. The Morgan fingerprint density at radius 1 is 1.15 bits per heavy atom. The van der Waals surface area contributed by atoms with Crippen LogP contribution in [0.2, 0.25) is 0 Å². The van der Waals surface area contributed by atoms with E-state index in [1.807, 2.05) is 0 Å². The Labute approximate surface area is 116 Å². The van der Waals surface area contributed by atoms with Gasteiger partial charge in [0.25, 0.3) is 0 Å². The molecule has 0 N–H and O–H groups in total. The highest BCUT2D eigenvalue weighted by molar-refractivity contribution is 7.88. The van der Waals surface area contributed by atoms with Crippen LogP contribution in [0, 0.1) is 0 Å². The molecule has 20 heavy (non-hydrogen) atoms. The van der Waals surface area contributed by atoms with E-state index in [4.69, 9.17) is 0 Å². The van der Waals surface area contributed by atoms with Crippen LogP contribution in [0.1, 0.15) is 24.8 Å². The fourth-order valence-corrected chi connectivity index (χ4v) is 4.23. The van der Waals surface area contributed by atoms with Gasteiger partial charge in [-0.05, 0) is 18.4 Å². The lowest BCUT2D eigenvalue weighted by Crippen LogP contribution is -2.51. The van der Waals surface area contributed by atoms with Gasteiger partial charge in [0.1, 0.15) is 6.04 Å². The predicted molar refractivity (Wildman–Crippen MR) is 69.5 cm³/mol. The van der Waals surface area contributed by atoms with Crippen LogP contribution in [0.15, 0.2) is 30.3 Å². The molecule has 0 aliphatic carbocycles. The number of hydrogen-bond donors (Lipinski definition) is 0. The Bertz CT molecular complexity index is 542. The van der Waals surface area contributed by atoms with Gasteiger partial charge in [-0.3, -0.25) is 0 Å². The molecule has 0 aromatic heterocycles. The minimum atomic E-state index is -4.51. The van der Waals surface area contributed by atoms with Gasteiger partial charge in [-0.25, -0.2) is 8.42 Å². The van der Waals surface area contributed by atoms with Crippen molar-refractivity contribution in [1.29, 1.82) is 0 Å². The summed E-state index contributed by atoms with van der Waals surface area (Å²) in [6.45, 7) is -0.0562. The van der Waals surface area contributed by atoms with E-state index in [-0.39, 0.29) is 18.7 Å². The first-order chi connectivity index (χ1) is 9.31. The summed E-state index contributed by atoms with van der Waals surface area (Å²) in [5.74, 6) is -0.388. The van der Waals surface area contributed by atoms with Crippen LogP contribution < -0.4 is 0 Å². The zero-order valence-corrected chi connectivity index (χ0v) is 11.6. The summed E-state index contributed by atoms with van der Waals surface area (Å²) in [4.78, 5) is 0. The Morgan fingerprint density at radius 3 is 2.40 bits per heavy atom. The first-order valence-electron chi connectivity index (χ1n) is 6.41. The molecule has 0 radical (unpaired) electrons. The maximum absolute atomic E-state index is 13.0. The minimum Gasteiger partial charge on any atom is -0.212 e. The highest BCUT2D eigenvalue weighted by Crippen LogP contribution is 2.34. The molecule has 112 valence electrons. The molecular formula is C13H16F3NO2S. The van der Waals surface area contributed by atoms with Crippen LogP contribution in [-0.2, 0) is 15.8 Å². The maximum Gasteiger partial charge on any atom is 0.405 e. The van der Waals surface area contributed by atoms with Crippen molar-refractivity contribution in [2.45, 2.75) is 37.2 Å². The average molecular weight is 307 g/mol. The van der Waals surface area contributed by atoms with Gasteiger partial charge < -0.3 is 0 Å². The summed E-state index contributed by atoms with van der Waals surface area (Å²) in [6, 6.07) is 6.39. The van der Waals surface area contributed by atoms with Crippen LogP contribution >= 0.6 is 0 Å². The zero-order chi connectivity index (χ0) is 14.8. The van der Waals surface area contributed by atoms with Crippen molar-refractivity contribution in [3.8, 4) is 0 Å². The van der Waals surface area contributed by atoms with E-state index in [1.165, 1.54) is 0 Å². The lowest BCUT2D eigenvalue weighted by Gasteiger charge is -2.35. The lowest BCUT2D eigenvalue weighted by molar-refractivity contribution is -0.177. The van der Waals surface area contributed by atoms with Crippen molar-refractivity contribution in [3.05, 3.63) is 35.9 Å². The third kappa shape index (κ3) is 3.52. The van der Waals surface area contributed by atoms with Crippen molar-refractivity contribution in [3.63, 3.8) is 0 Å². The lowest BCUT2D eigenvalue weighted by atomic mass is 10.0. The van der Waals surface area contributed by atoms with Gasteiger partial charge in [0.05, 0.1) is 5.75 Å². The fraction of sp³-hybridized carbons (Fsp3) is 0.538. The van der Waals surface area contributed by atoms with Gasteiger partial charge in [-0.15, -0.1) is 0 Å². The summed E-state index contributed by atoms with van der Waals surface area (Å²) in [5.41, 5.74) is 0.499. The van der Waals surface area contributed by atoms with E-state index < -0.39 is 22.2 Å². The van der Waals surface area contributed by atoms with E-state index in [9.17, 15) is 21.6 Å². The molecule has 0 bridgehead atoms.